The number of carbonyl (C=O) groups excluding carboxylic acids is 1. The van der Waals surface area contributed by atoms with Crippen LogP contribution < -0.4 is 15.0 Å². The molecule has 1 N–H and O–H groups in total. The van der Waals surface area contributed by atoms with Crippen LogP contribution in [0, 0.1) is 6.92 Å². The third-order valence-electron chi connectivity index (χ3n) is 6.32. The molecule has 0 radical (unpaired) electrons. The number of nitrogens with one attached hydrogen (secondary N) is 1. The fourth-order valence-electron chi connectivity index (χ4n) is 4.41. The number of anilines is 1. The van der Waals surface area contributed by atoms with E-state index in [0.29, 0.717) is 12.1 Å². The molecule has 0 atom stereocenters. The second-order valence-electron chi connectivity index (χ2n) is 8.56. The molecule has 3 aromatic carbocycles. The Morgan fingerprint density at radius 2 is 1.61 bits per heavy atom. The topological polar surface area (TPSA) is 44.8 Å². The molecule has 4 rings (SSSR count). The standard InChI is InChI=1S/C28H33N3O2/c1-22-7-3-5-9-26(22)31-19-17-30(18-20-31)21-23-11-13-25(14-12-23)28(32)29-16-15-24-8-4-6-10-27(24)33-2/h3-14H,15-21H2,1-2H3,(H,29,32). The van der Waals surface area contributed by atoms with Crippen LogP contribution in [0.3, 0.4) is 0 Å². The third kappa shape index (κ3) is 5.93. The summed E-state index contributed by atoms with van der Waals surface area (Å²) in [6.45, 7) is 7.83. The van der Waals surface area contributed by atoms with Crippen LogP contribution >= 0.6 is 0 Å². The SMILES string of the molecule is COc1ccccc1CCNC(=O)c1ccc(CN2CCN(c3ccccc3C)CC2)cc1. The number of carbonyl (C=O) groups is 1. The molecule has 1 heterocycles. The molecule has 0 bridgehead atoms. The molecule has 3 aromatic rings. The van der Waals surface area contributed by atoms with E-state index in [0.717, 1.165) is 50.5 Å². The quantitative estimate of drug-likeness (QED) is 0.564. The van der Waals surface area contributed by atoms with Crippen molar-refractivity contribution in [3.63, 3.8) is 0 Å². The molecular formula is C28H33N3O2. The molecule has 1 fully saturated rings. The summed E-state index contributed by atoms with van der Waals surface area (Å²) in [5.41, 5.74) is 5.71. The van der Waals surface area contributed by atoms with Gasteiger partial charge in [0.1, 0.15) is 5.75 Å². The number of hydrogen-bond acceptors (Lipinski definition) is 4. The molecular weight excluding hydrogens is 410 g/mol. The van der Waals surface area contributed by atoms with E-state index >= 15 is 0 Å². The molecule has 1 amide bonds. The lowest BCUT2D eigenvalue weighted by Gasteiger charge is -2.36. The van der Waals surface area contributed by atoms with Crippen molar-refractivity contribution < 1.29 is 9.53 Å². The molecule has 0 saturated carbocycles. The van der Waals surface area contributed by atoms with Crippen molar-refractivity contribution in [2.24, 2.45) is 0 Å². The van der Waals surface area contributed by atoms with Crippen LogP contribution in [0.25, 0.3) is 0 Å². The van der Waals surface area contributed by atoms with Gasteiger partial charge in [-0.05, 0) is 54.3 Å². The van der Waals surface area contributed by atoms with Gasteiger partial charge in [0.25, 0.3) is 5.91 Å². The summed E-state index contributed by atoms with van der Waals surface area (Å²) < 4.78 is 5.38. The molecule has 0 spiro atoms. The summed E-state index contributed by atoms with van der Waals surface area (Å²) in [5, 5.41) is 3.01. The van der Waals surface area contributed by atoms with Crippen molar-refractivity contribution in [2.75, 3.05) is 44.7 Å². The van der Waals surface area contributed by atoms with Gasteiger partial charge in [0.2, 0.25) is 0 Å². The Kier molecular flexibility index (Phi) is 7.63. The number of ether oxygens (including phenoxy) is 1. The highest BCUT2D eigenvalue weighted by molar-refractivity contribution is 5.94. The lowest BCUT2D eigenvalue weighted by molar-refractivity contribution is 0.0954. The van der Waals surface area contributed by atoms with E-state index in [1.165, 1.54) is 16.8 Å². The third-order valence-corrected chi connectivity index (χ3v) is 6.32. The number of aryl methyl sites for hydroxylation is 1. The fourth-order valence-corrected chi connectivity index (χ4v) is 4.41. The smallest absolute Gasteiger partial charge is 0.251 e. The van der Waals surface area contributed by atoms with Crippen LogP contribution in [0.5, 0.6) is 5.75 Å². The van der Waals surface area contributed by atoms with E-state index in [1.807, 2.05) is 36.4 Å². The predicted molar refractivity (Wildman–Crippen MR) is 134 cm³/mol. The number of benzene rings is 3. The molecule has 0 unspecified atom stereocenters. The van der Waals surface area contributed by atoms with Gasteiger partial charge in [-0.2, -0.15) is 0 Å². The Morgan fingerprint density at radius 1 is 0.909 bits per heavy atom. The summed E-state index contributed by atoms with van der Waals surface area (Å²) in [6, 6.07) is 24.5. The van der Waals surface area contributed by atoms with Gasteiger partial charge in [0.05, 0.1) is 7.11 Å². The maximum atomic E-state index is 12.5. The number of methoxy groups -OCH3 is 1. The van der Waals surface area contributed by atoms with Crippen molar-refractivity contribution in [1.82, 2.24) is 10.2 Å². The fraction of sp³-hybridized carbons (Fsp3) is 0.321. The average Bonchev–Trinajstić information content (AvgIpc) is 2.85. The maximum Gasteiger partial charge on any atom is 0.251 e. The van der Waals surface area contributed by atoms with Gasteiger partial charge >= 0.3 is 0 Å². The van der Waals surface area contributed by atoms with Gasteiger partial charge in [-0.25, -0.2) is 0 Å². The van der Waals surface area contributed by atoms with E-state index in [4.69, 9.17) is 4.74 Å². The minimum Gasteiger partial charge on any atom is -0.496 e. The van der Waals surface area contributed by atoms with E-state index in [2.05, 4.69) is 58.4 Å². The second-order valence-corrected chi connectivity index (χ2v) is 8.56. The molecule has 1 aliphatic heterocycles. The Hall–Kier alpha value is -3.31. The van der Waals surface area contributed by atoms with Crippen molar-refractivity contribution in [1.29, 1.82) is 0 Å². The minimum absolute atomic E-state index is 0.0386. The summed E-state index contributed by atoms with van der Waals surface area (Å²) in [5.74, 6) is 0.819. The molecule has 1 aliphatic rings. The number of piperazine rings is 1. The van der Waals surface area contributed by atoms with Crippen molar-refractivity contribution >= 4 is 11.6 Å². The van der Waals surface area contributed by atoms with Gasteiger partial charge in [-0.1, -0.05) is 48.5 Å². The first-order valence-electron chi connectivity index (χ1n) is 11.7. The predicted octanol–water partition coefficient (Wildman–Crippen LogP) is 4.30. The second kappa shape index (κ2) is 11.0. The van der Waals surface area contributed by atoms with Crippen LogP contribution in [0.2, 0.25) is 0 Å². The molecule has 5 heteroatoms. The normalized spacial score (nSPS) is 14.2. The number of para-hydroxylation sites is 2. The summed E-state index contributed by atoms with van der Waals surface area (Å²) in [4.78, 5) is 17.5. The average molecular weight is 444 g/mol. The maximum absolute atomic E-state index is 12.5. The molecule has 0 aromatic heterocycles. The van der Waals surface area contributed by atoms with Crippen molar-refractivity contribution in [3.05, 3.63) is 95.1 Å². The summed E-state index contributed by atoms with van der Waals surface area (Å²) in [7, 11) is 1.67. The first-order valence-corrected chi connectivity index (χ1v) is 11.7. The summed E-state index contributed by atoms with van der Waals surface area (Å²) >= 11 is 0. The lowest BCUT2D eigenvalue weighted by Crippen LogP contribution is -2.46. The Labute approximate surface area is 197 Å². The van der Waals surface area contributed by atoms with E-state index < -0.39 is 0 Å². The van der Waals surface area contributed by atoms with E-state index in [1.54, 1.807) is 7.11 Å². The minimum atomic E-state index is -0.0386. The van der Waals surface area contributed by atoms with E-state index in [9.17, 15) is 4.79 Å². The van der Waals surface area contributed by atoms with Gasteiger partial charge in [-0.15, -0.1) is 0 Å². The first kappa shape index (κ1) is 22.9. The van der Waals surface area contributed by atoms with Crippen molar-refractivity contribution in [2.45, 2.75) is 19.9 Å². The number of nitrogens with zero attached hydrogens (tertiary/aromatic N) is 2. The Balaban J connectivity index is 1.24. The zero-order chi connectivity index (χ0) is 23.0. The summed E-state index contributed by atoms with van der Waals surface area (Å²) in [6.07, 6.45) is 0.738. The van der Waals surface area contributed by atoms with Gasteiger partial charge in [0.15, 0.2) is 0 Å². The largest absolute Gasteiger partial charge is 0.496 e. The Morgan fingerprint density at radius 3 is 2.33 bits per heavy atom. The van der Waals surface area contributed by atoms with Gasteiger partial charge < -0.3 is 15.0 Å². The number of rotatable bonds is 8. The zero-order valence-corrected chi connectivity index (χ0v) is 19.6. The molecule has 0 aliphatic carbocycles. The van der Waals surface area contributed by atoms with Crippen LogP contribution in [0.1, 0.15) is 27.0 Å². The van der Waals surface area contributed by atoms with Gasteiger partial charge in [-0.3, -0.25) is 9.69 Å². The first-order chi connectivity index (χ1) is 16.1. The Bertz CT molecular complexity index is 1060. The number of amides is 1. The van der Waals surface area contributed by atoms with Crippen LogP contribution in [-0.2, 0) is 13.0 Å². The zero-order valence-electron chi connectivity index (χ0n) is 19.6. The highest BCUT2D eigenvalue weighted by Crippen LogP contribution is 2.21. The van der Waals surface area contributed by atoms with Gasteiger partial charge in [0, 0.05) is 50.5 Å². The molecule has 172 valence electrons. The molecule has 1 saturated heterocycles. The lowest BCUT2D eigenvalue weighted by atomic mass is 10.1. The van der Waals surface area contributed by atoms with Crippen LogP contribution in [0.4, 0.5) is 5.69 Å². The van der Waals surface area contributed by atoms with Crippen molar-refractivity contribution in [3.8, 4) is 5.75 Å². The van der Waals surface area contributed by atoms with Crippen LogP contribution in [-0.4, -0.2) is 50.6 Å². The van der Waals surface area contributed by atoms with E-state index in [-0.39, 0.29) is 5.91 Å². The van der Waals surface area contributed by atoms with Crippen LogP contribution in [0.15, 0.2) is 72.8 Å². The monoisotopic (exact) mass is 443 g/mol. The number of hydrogen-bond donors (Lipinski definition) is 1. The highest BCUT2D eigenvalue weighted by atomic mass is 16.5. The molecule has 5 nitrogen and oxygen atoms in total. The highest BCUT2D eigenvalue weighted by Gasteiger charge is 2.18. The molecule has 33 heavy (non-hydrogen) atoms.